The van der Waals surface area contributed by atoms with Crippen LogP contribution in [0.3, 0.4) is 0 Å². The molecule has 0 saturated heterocycles. The normalized spacial score (nSPS) is 11.5. The molecule has 28 heavy (non-hydrogen) atoms. The minimum absolute atomic E-state index is 0.0312. The summed E-state index contributed by atoms with van der Waals surface area (Å²) in [6, 6.07) is 3.96. The molecule has 9 nitrogen and oxygen atoms in total. The summed E-state index contributed by atoms with van der Waals surface area (Å²) in [5, 5.41) is 12.5. The van der Waals surface area contributed by atoms with Gasteiger partial charge >= 0.3 is 6.18 Å². The molecule has 0 atom stereocenters. The number of aryl methyl sites for hydroxylation is 2. The highest BCUT2D eigenvalue weighted by Gasteiger charge is 2.35. The van der Waals surface area contributed by atoms with Gasteiger partial charge in [-0.05, 0) is 12.1 Å². The van der Waals surface area contributed by atoms with E-state index in [-0.39, 0.29) is 17.9 Å². The Morgan fingerprint density at radius 2 is 1.96 bits per heavy atom. The molecule has 2 N–H and O–H groups in total. The van der Waals surface area contributed by atoms with Gasteiger partial charge in [-0.3, -0.25) is 19.0 Å². The lowest BCUT2D eigenvalue weighted by molar-refractivity contribution is -0.143. The van der Waals surface area contributed by atoms with Gasteiger partial charge in [-0.1, -0.05) is 0 Å². The van der Waals surface area contributed by atoms with Gasteiger partial charge in [0.25, 0.3) is 11.8 Å². The summed E-state index contributed by atoms with van der Waals surface area (Å²) >= 11 is 0. The third kappa shape index (κ3) is 4.05. The summed E-state index contributed by atoms with van der Waals surface area (Å²) in [5.41, 5.74) is -1.58. The fourth-order valence-corrected chi connectivity index (χ4v) is 2.44. The largest absolute Gasteiger partial charge is 0.467 e. The summed E-state index contributed by atoms with van der Waals surface area (Å²) in [7, 11) is 2.61. The monoisotopic (exact) mass is 396 g/mol. The first kappa shape index (κ1) is 19.2. The highest BCUT2D eigenvalue weighted by molar-refractivity contribution is 6.07. The molecule has 3 rings (SSSR count). The third-order valence-corrected chi connectivity index (χ3v) is 3.70. The molecule has 0 bridgehead atoms. The maximum Gasteiger partial charge on any atom is 0.433 e. The molecule has 0 aromatic carbocycles. The van der Waals surface area contributed by atoms with Crippen LogP contribution in [-0.2, 0) is 26.8 Å². The Kier molecular flexibility index (Phi) is 4.94. The van der Waals surface area contributed by atoms with Gasteiger partial charge in [0.1, 0.15) is 11.5 Å². The van der Waals surface area contributed by atoms with Crippen molar-refractivity contribution in [2.75, 3.05) is 5.32 Å². The topological polar surface area (TPSA) is 107 Å². The van der Waals surface area contributed by atoms with Crippen molar-refractivity contribution in [1.29, 1.82) is 0 Å². The van der Waals surface area contributed by atoms with Gasteiger partial charge in [0.05, 0.1) is 18.5 Å². The van der Waals surface area contributed by atoms with Crippen molar-refractivity contribution in [3.05, 3.63) is 53.5 Å². The molecule has 148 valence electrons. The van der Waals surface area contributed by atoms with E-state index in [2.05, 4.69) is 20.8 Å². The van der Waals surface area contributed by atoms with Crippen LogP contribution in [0.25, 0.3) is 0 Å². The number of amides is 2. The van der Waals surface area contributed by atoms with Gasteiger partial charge in [-0.2, -0.15) is 23.4 Å². The molecule has 2 amide bonds. The van der Waals surface area contributed by atoms with Crippen LogP contribution in [0, 0.1) is 0 Å². The Bertz CT molecular complexity index is 1000. The van der Waals surface area contributed by atoms with Crippen LogP contribution in [-0.4, -0.2) is 31.4 Å². The molecule has 3 aromatic rings. The standard InChI is InChI=1S/C16H15F3N6O3/c1-24-8-11(13(23-24)15(27)20-7-9-4-3-5-28-9)21-14(26)10-6-12(16(17,18)19)25(2)22-10/h3-6,8H,7H2,1-2H3,(H,20,27)(H,21,26). The number of rotatable bonds is 5. The number of nitrogens with one attached hydrogen (secondary N) is 2. The zero-order chi connectivity index (χ0) is 20.5. The first-order chi connectivity index (χ1) is 13.1. The van der Waals surface area contributed by atoms with Crippen molar-refractivity contribution in [2.45, 2.75) is 12.7 Å². The summed E-state index contributed by atoms with van der Waals surface area (Å²) in [5.74, 6) is -0.980. The zero-order valence-corrected chi connectivity index (χ0v) is 14.7. The van der Waals surface area contributed by atoms with Crippen LogP contribution in [0.4, 0.5) is 18.9 Å². The lowest BCUT2D eigenvalue weighted by Gasteiger charge is -2.04. The predicted octanol–water partition coefficient (Wildman–Crippen LogP) is 1.95. The number of halogens is 3. The second-order valence-corrected chi connectivity index (χ2v) is 5.82. The Balaban J connectivity index is 1.76. The Labute approximate surface area is 156 Å². The van der Waals surface area contributed by atoms with E-state index in [1.807, 2.05) is 0 Å². The van der Waals surface area contributed by atoms with Crippen molar-refractivity contribution in [3.8, 4) is 0 Å². The second-order valence-electron chi connectivity index (χ2n) is 5.82. The number of carbonyl (C=O) groups excluding carboxylic acids is 2. The molecule has 12 heteroatoms. The van der Waals surface area contributed by atoms with Crippen LogP contribution in [0.1, 0.15) is 32.4 Å². The second kappa shape index (κ2) is 7.21. The van der Waals surface area contributed by atoms with E-state index >= 15 is 0 Å². The van der Waals surface area contributed by atoms with Gasteiger partial charge in [0.2, 0.25) is 0 Å². The minimum Gasteiger partial charge on any atom is -0.467 e. The van der Waals surface area contributed by atoms with Crippen LogP contribution in [0.2, 0.25) is 0 Å². The fourth-order valence-electron chi connectivity index (χ4n) is 2.44. The van der Waals surface area contributed by atoms with Crippen molar-refractivity contribution in [3.63, 3.8) is 0 Å². The lowest BCUT2D eigenvalue weighted by atomic mass is 10.3. The van der Waals surface area contributed by atoms with E-state index in [9.17, 15) is 22.8 Å². The van der Waals surface area contributed by atoms with Crippen LogP contribution >= 0.6 is 0 Å². The number of aromatic nitrogens is 4. The van der Waals surface area contributed by atoms with Crippen molar-refractivity contribution in [1.82, 2.24) is 24.9 Å². The number of furan rings is 1. The van der Waals surface area contributed by atoms with E-state index in [0.29, 0.717) is 16.5 Å². The van der Waals surface area contributed by atoms with E-state index in [1.165, 1.54) is 24.2 Å². The highest BCUT2D eigenvalue weighted by atomic mass is 19.4. The number of nitrogens with zero attached hydrogens (tertiary/aromatic N) is 4. The average molecular weight is 396 g/mol. The molecule has 3 aromatic heterocycles. The maximum atomic E-state index is 12.9. The van der Waals surface area contributed by atoms with Gasteiger partial charge in [0, 0.05) is 26.4 Å². The van der Waals surface area contributed by atoms with Gasteiger partial charge in [0.15, 0.2) is 11.4 Å². The highest BCUT2D eigenvalue weighted by Crippen LogP contribution is 2.29. The predicted molar refractivity (Wildman–Crippen MR) is 89.2 cm³/mol. The maximum absolute atomic E-state index is 12.9. The quantitative estimate of drug-likeness (QED) is 0.686. The van der Waals surface area contributed by atoms with Crippen LogP contribution in [0.15, 0.2) is 35.1 Å². The van der Waals surface area contributed by atoms with Crippen molar-refractivity contribution < 1.29 is 27.2 Å². The molecule has 0 unspecified atom stereocenters. The molecule has 0 radical (unpaired) electrons. The minimum atomic E-state index is -4.65. The van der Waals surface area contributed by atoms with Gasteiger partial charge in [-0.25, -0.2) is 0 Å². The Morgan fingerprint density at radius 1 is 1.21 bits per heavy atom. The van der Waals surface area contributed by atoms with Crippen LogP contribution < -0.4 is 10.6 Å². The summed E-state index contributed by atoms with van der Waals surface area (Å²) in [6.07, 6.45) is -1.84. The molecule has 0 aliphatic heterocycles. The van der Waals surface area contributed by atoms with Gasteiger partial charge in [-0.15, -0.1) is 0 Å². The molecule has 0 spiro atoms. The van der Waals surface area contributed by atoms with E-state index < -0.39 is 29.4 Å². The third-order valence-electron chi connectivity index (χ3n) is 3.70. The number of anilines is 1. The number of hydrogen-bond donors (Lipinski definition) is 2. The van der Waals surface area contributed by atoms with Crippen LogP contribution in [0.5, 0.6) is 0 Å². The summed E-state index contributed by atoms with van der Waals surface area (Å²) in [6.45, 7) is 0.102. The summed E-state index contributed by atoms with van der Waals surface area (Å²) in [4.78, 5) is 24.6. The SMILES string of the molecule is Cn1cc(NC(=O)c2cc(C(F)(F)F)n(C)n2)c(C(=O)NCc2ccco2)n1. The summed E-state index contributed by atoms with van der Waals surface area (Å²) < 4.78 is 45.5. The lowest BCUT2D eigenvalue weighted by Crippen LogP contribution is -2.25. The molecule has 0 aliphatic rings. The van der Waals surface area contributed by atoms with Gasteiger partial charge < -0.3 is 15.1 Å². The molecule has 0 fully saturated rings. The smallest absolute Gasteiger partial charge is 0.433 e. The number of carbonyl (C=O) groups is 2. The fraction of sp³-hybridized carbons (Fsp3) is 0.250. The first-order valence-electron chi connectivity index (χ1n) is 7.92. The van der Waals surface area contributed by atoms with Crippen molar-refractivity contribution in [2.24, 2.45) is 14.1 Å². The zero-order valence-electron chi connectivity index (χ0n) is 14.7. The molecular formula is C16H15F3N6O3. The Hall–Kier alpha value is -3.57. The average Bonchev–Trinajstić information content (AvgIpc) is 3.32. The molecular weight excluding hydrogens is 381 g/mol. The molecule has 0 aliphatic carbocycles. The molecule has 3 heterocycles. The first-order valence-corrected chi connectivity index (χ1v) is 7.92. The van der Waals surface area contributed by atoms with E-state index in [1.54, 1.807) is 12.1 Å². The number of alkyl halides is 3. The Morgan fingerprint density at radius 3 is 2.57 bits per heavy atom. The van der Waals surface area contributed by atoms with E-state index in [0.717, 1.165) is 7.05 Å². The van der Waals surface area contributed by atoms with E-state index in [4.69, 9.17) is 4.42 Å². The van der Waals surface area contributed by atoms with Crippen molar-refractivity contribution >= 4 is 17.5 Å². The number of hydrogen-bond acceptors (Lipinski definition) is 5. The molecule has 0 saturated carbocycles.